The lowest BCUT2D eigenvalue weighted by Crippen LogP contribution is -2.48. The highest BCUT2D eigenvalue weighted by molar-refractivity contribution is 5.94. The van der Waals surface area contributed by atoms with E-state index in [9.17, 15) is 19.5 Å². The summed E-state index contributed by atoms with van der Waals surface area (Å²) < 4.78 is 4.90. The molecule has 21 heavy (non-hydrogen) atoms. The summed E-state index contributed by atoms with van der Waals surface area (Å²) in [4.78, 5) is 35.2. The molecule has 112 valence electrons. The van der Waals surface area contributed by atoms with E-state index in [0.29, 0.717) is 0 Å². The van der Waals surface area contributed by atoms with Crippen LogP contribution in [0, 0.1) is 23.7 Å². The molecule has 0 saturated heterocycles. The van der Waals surface area contributed by atoms with E-state index >= 15 is 0 Å². The van der Waals surface area contributed by atoms with E-state index in [-0.39, 0.29) is 17.6 Å². The second kappa shape index (κ2) is 5.23. The highest BCUT2D eigenvalue weighted by atomic mass is 16.4. The Morgan fingerprint density at radius 1 is 1.14 bits per heavy atom. The first-order valence-electron chi connectivity index (χ1n) is 6.94. The fourth-order valence-electron chi connectivity index (χ4n) is 3.69. The van der Waals surface area contributed by atoms with Crippen LogP contribution in [0.2, 0.25) is 0 Å². The Kier molecular flexibility index (Phi) is 3.40. The van der Waals surface area contributed by atoms with Gasteiger partial charge in [-0.05, 0) is 43.2 Å². The van der Waals surface area contributed by atoms with E-state index in [1.165, 1.54) is 12.3 Å². The van der Waals surface area contributed by atoms with Crippen LogP contribution in [0.4, 0.5) is 0 Å². The van der Waals surface area contributed by atoms with Crippen LogP contribution in [-0.2, 0) is 9.59 Å². The summed E-state index contributed by atoms with van der Waals surface area (Å²) in [5, 5.41) is 9.30. The van der Waals surface area contributed by atoms with Crippen molar-refractivity contribution in [2.75, 3.05) is 0 Å². The Morgan fingerprint density at radius 2 is 1.86 bits per heavy atom. The molecule has 3 N–H and O–H groups in total. The molecule has 2 bridgehead atoms. The van der Waals surface area contributed by atoms with E-state index in [1.54, 1.807) is 6.07 Å². The molecule has 0 aliphatic heterocycles. The number of furan rings is 1. The monoisotopic (exact) mass is 292 g/mol. The SMILES string of the molecule is O=C(NNC(=O)[C@@H]1[C@@H]2CC[C@@H](C2)[C@@H]1C(=O)O)c1ccco1. The van der Waals surface area contributed by atoms with Crippen molar-refractivity contribution in [3.63, 3.8) is 0 Å². The van der Waals surface area contributed by atoms with Crippen molar-refractivity contribution in [2.24, 2.45) is 23.7 Å². The zero-order chi connectivity index (χ0) is 15.0. The average molecular weight is 292 g/mol. The quantitative estimate of drug-likeness (QED) is 0.714. The Hall–Kier alpha value is -2.31. The third-order valence-electron chi connectivity index (χ3n) is 4.55. The summed E-state index contributed by atoms with van der Waals surface area (Å²) >= 11 is 0. The van der Waals surface area contributed by atoms with Gasteiger partial charge in [0.2, 0.25) is 5.91 Å². The van der Waals surface area contributed by atoms with E-state index in [1.807, 2.05) is 0 Å². The number of hydrogen-bond acceptors (Lipinski definition) is 4. The van der Waals surface area contributed by atoms with Gasteiger partial charge >= 0.3 is 11.9 Å². The van der Waals surface area contributed by atoms with Gasteiger partial charge in [-0.25, -0.2) is 0 Å². The standard InChI is InChI=1S/C14H16N2O5/c17-12(9-2-1-5-21-9)15-16-13(18)10-7-3-4-8(6-7)11(10)14(19)20/h1-2,5,7-8,10-11H,3-4,6H2,(H,15,17)(H,16,18)(H,19,20)/t7-,8+,10-,11+/m1/s1. The molecule has 1 heterocycles. The molecular formula is C14H16N2O5. The molecule has 3 rings (SSSR count). The molecule has 2 saturated carbocycles. The van der Waals surface area contributed by atoms with Crippen LogP contribution in [0.1, 0.15) is 29.8 Å². The number of fused-ring (bicyclic) bond motifs is 2. The maximum atomic E-state index is 12.2. The largest absolute Gasteiger partial charge is 0.481 e. The highest BCUT2D eigenvalue weighted by Crippen LogP contribution is 2.52. The Bertz CT molecular complexity index is 568. The highest BCUT2D eigenvalue weighted by Gasteiger charge is 2.54. The molecule has 0 unspecified atom stereocenters. The normalized spacial score (nSPS) is 30.1. The summed E-state index contributed by atoms with van der Waals surface area (Å²) in [5.74, 6) is -2.90. The van der Waals surface area contributed by atoms with Crippen LogP contribution in [0.5, 0.6) is 0 Å². The van der Waals surface area contributed by atoms with Crippen molar-refractivity contribution in [3.8, 4) is 0 Å². The topological polar surface area (TPSA) is 109 Å². The number of carboxylic acid groups (broad SMARTS) is 1. The lowest BCUT2D eigenvalue weighted by Gasteiger charge is -2.26. The number of carboxylic acids is 1. The third kappa shape index (κ3) is 2.39. The van der Waals surface area contributed by atoms with Gasteiger partial charge in [0.05, 0.1) is 18.1 Å². The summed E-state index contributed by atoms with van der Waals surface area (Å²) in [7, 11) is 0. The molecule has 2 amide bonds. The fraction of sp³-hybridized carbons (Fsp3) is 0.500. The van der Waals surface area contributed by atoms with Gasteiger partial charge in [0.1, 0.15) is 0 Å². The Balaban J connectivity index is 1.62. The van der Waals surface area contributed by atoms with Gasteiger partial charge in [0, 0.05) is 0 Å². The minimum absolute atomic E-state index is 0.0732. The fourth-order valence-corrected chi connectivity index (χ4v) is 3.69. The van der Waals surface area contributed by atoms with Crippen LogP contribution in [0.15, 0.2) is 22.8 Å². The van der Waals surface area contributed by atoms with Gasteiger partial charge < -0.3 is 9.52 Å². The first-order valence-corrected chi connectivity index (χ1v) is 6.94. The minimum Gasteiger partial charge on any atom is -0.481 e. The van der Waals surface area contributed by atoms with Crippen molar-refractivity contribution in [1.29, 1.82) is 0 Å². The predicted molar refractivity (Wildman–Crippen MR) is 69.8 cm³/mol. The molecular weight excluding hydrogens is 276 g/mol. The summed E-state index contributed by atoms with van der Waals surface area (Å²) in [6, 6.07) is 3.03. The number of carbonyl (C=O) groups excluding carboxylic acids is 2. The van der Waals surface area contributed by atoms with E-state index in [2.05, 4.69) is 10.9 Å². The van der Waals surface area contributed by atoms with Crippen molar-refractivity contribution < 1.29 is 23.9 Å². The average Bonchev–Trinajstić information content (AvgIpc) is 3.17. The number of nitrogens with one attached hydrogen (secondary N) is 2. The molecule has 2 aliphatic carbocycles. The molecule has 4 atom stereocenters. The third-order valence-corrected chi connectivity index (χ3v) is 4.55. The Labute approximate surface area is 120 Å². The van der Waals surface area contributed by atoms with Crippen molar-refractivity contribution in [2.45, 2.75) is 19.3 Å². The van der Waals surface area contributed by atoms with Crippen LogP contribution in [0.3, 0.4) is 0 Å². The molecule has 0 aromatic carbocycles. The first-order chi connectivity index (χ1) is 10.1. The van der Waals surface area contributed by atoms with E-state index < -0.39 is 29.6 Å². The van der Waals surface area contributed by atoms with Crippen LogP contribution in [-0.4, -0.2) is 22.9 Å². The smallest absolute Gasteiger partial charge is 0.307 e. The van der Waals surface area contributed by atoms with E-state index in [4.69, 9.17) is 4.42 Å². The summed E-state index contributed by atoms with van der Waals surface area (Å²) in [6.45, 7) is 0. The molecule has 1 aromatic heterocycles. The first kappa shape index (κ1) is 13.7. The predicted octanol–water partition coefficient (Wildman–Crippen LogP) is 0.788. The number of carbonyl (C=O) groups is 3. The molecule has 7 heteroatoms. The minimum atomic E-state index is -0.931. The number of rotatable bonds is 3. The maximum absolute atomic E-state index is 12.2. The van der Waals surface area contributed by atoms with Crippen molar-refractivity contribution in [1.82, 2.24) is 10.9 Å². The molecule has 1 aromatic rings. The molecule has 0 radical (unpaired) electrons. The van der Waals surface area contributed by atoms with Gasteiger partial charge in [-0.1, -0.05) is 0 Å². The van der Waals surface area contributed by atoms with Gasteiger partial charge in [0.25, 0.3) is 0 Å². The van der Waals surface area contributed by atoms with Crippen LogP contribution >= 0.6 is 0 Å². The van der Waals surface area contributed by atoms with Gasteiger partial charge in [0.15, 0.2) is 5.76 Å². The molecule has 0 spiro atoms. The van der Waals surface area contributed by atoms with Gasteiger partial charge in [-0.3, -0.25) is 25.2 Å². The molecule has 2 fully saturated rings. The maximum Gasteiger partial charge on any atom is 0.307 e. The van der Waals surface area contributed by atoms with Gasteiger partial charge in [-0.2, -0.15) is 0 Å². The number of aliphatic carboxylic acids is 1. The number of hydrazine groups is 1. The second-order valence-corrected chi connectivity index (χ2v) is 5.64. The number of amides is 2. The van der Waals surface area contributed by atoms with E-state index in [0.717, 1.165) is 19.3 Å². The second-order valence-electron chi connectivity index (χ2n) is 5.64. The summed E-state index contributed by atoms with van der Waals surface area (Å²) in [6.07, 6.45) is 3.87. The summed E-state index contributed by atoms with van der Waals surface area (Å²) in [5.41, 5.74) is 4.58. The van der Waals surface area contributed by atoms with Gasteiger partial charge in [-0.15, -0.1) is 0 Å². The zero-order valence-electron chi connectivity index (χ0n) is 11.2. The lowest BCUT2D eigenvalue weighted by molar-refractivity contribution is -0.149. The number of hydrogen-bond donors (Lipinski definition) is 3. The van der Waals surface area contributed by atoms with Crippen LogP contribution in [0.25, 0.3) is 0 Å². The van der Waals surface area contributed by atoms with Crippen molar-refractivity contribution >= 4 is 17.8 Å². The Morgan fingerprint density at radius 3 is 2.48 bits per heavy atom. The van der Waals surface area contributed by atoms with Crippen molar-refractivity contribution in [3.05, 3.63) is 24.2 Å². The lowest BCUT2D eigenvalue weighted by atomic mass is 9.79. The zero-order valence-corrected chi connectivity index (χ0v) is 11.2. The molecule has 7 nitrogen and oxygen atoms in total. The molecule has 2 aliphatic rings. The van der Waals surface area contributed by atoms with Crippen LogP contribution < -0.4 is 10.9 Å².